The van der Waals surface area contributed by atoms with Gasteiger partial charge in [-0.25, -0.2) is 0 Å². The van der Waals surface area contributed by atoms with Gasteiger partial charge in [0.1, 0.15) is 0 Å². The van der Waals surface area contributed by atoms with Crippen molar-refractivity contribution < 1.29 is 0 Å². The molecule has 1 unspecified atom stereocenters. The highest BCUT2D eigenvalue weighted by molar-refractivity contribution is 5.81. The normalized spacial score (nSPS) is 13.1. The van der Waals surface area contributed by atoms with Crippen LogP contribution in [0.15, 0.2) is 36.5 Å². The summed E-state index contributed by atoms with van der Waals surface area (Å²) in [6, 6.07) is 11.1. The third kappa shape index (κ3) is 3.32. The number of rotatable bonds is 6. The summed E-state index contributed by atoms with van der Waals surface area (Å²) in [4.78, 5) is 4.50. The van der Waals surface area contributed by atoms with Crippen LogP contribution in [0.1, 0.15) is 39.2 Å². The van der Waals surface area contributed by atoms with E-state index in [-0.39, 0.29) is 0 Å². The molecule has 1 N–H and O–H groups in total. The zero-order chi connectivity index (χ0) is 13.7. The number of aromatic nitrogens is 1. The summed E-state index contributed by atoms with van der Waals surface area (Å²) in [6.07, 6.45) is 4.34. The first-order valence-corrected chi connectivity index (χ1v) is 7.32. The zero-order valence-corrected chi connectivity index (χ0v) is 12.2. The largest absolute Gasteiger partial charge is 0.310 e. The first-order valence-electron chi connectivity index (χ1n) is 7.32. The molecule has 0 fully saturated rings. The van der Waals surface area contributed by atoms with E-state index in [0.717, 1.165) is 18.0 Å². The van der Waals surface area contributed by atoms with E-state index in [4.69, 9.17) is 0 Å². The molecule has 1 heterocycles. The molecule has 2 heteroatoms. The Bertz CT molecular complexity index is 512. The van der Waals surface area contributed by atoms with Gasteiger partial charge in [0.15, 0.2) is 0 Å². The third-order valence-electron chi connectivity index (χ3n) is 4.09. The molecule has 0 aliphatic heterocycles. The minimum absolute atomic E-state index is 0.550. The summed E-state index contributed by atoms with van der Waals surface area (Å²) >= 11 is 0. The molecule has 0 saturated heterocycles. The van der Waals surface area contributed by atoms with Crippen LogP contribution in [-0.4, -0.2) is 11.0 Å². The number of pyridine rings is 1. The second-order valence-electron chi connectivity index (χ2n) is 5.24. The number of hydrogen-bond donors (Lipinski definition) is 1. The van der Waals surface area contributed by atoms with Crippen molar-refractivity contribution in [2.24, 2.45) is 5.92 Å². The van der Waals surface area contributed by atoms with Crippen LogP contribution in [0.2, 0.25) is 0 Å². The van der Waals surface area contributed by atoms with Crippen molar-refractivity contribution in [3.63, 3.8) is 0 Å². The highest BCUT2D eigenvalue weighted by atomic mass is 14.9. The molecule has 1 atom stereocenters. The van der Waals surface area contributed by atoms with Gasteiger partial charge in [0, 0.05) is 24.2 Å². The van der Waals surface area contributed by atoms with Gasteiger partial charge in [-0.05, 0) is 24.5 Å². The number of para-hydroxylation sites is 1. The van der Waals surface area contributed by atoms with E-state index < -0.39 is 0 Å². The standard InChI is InChI=1S/C17H24N2/c1-4-14(5-2)13(3)19-12-16-9-6-8-15-10-7-11-18-17(15)16/h6-11,13-14,19H,4-5,12H2,1-3H3. The Morgan fingerprint density at radius 3 is 2.58 bits per heavy atom. The van der Waals surface area contributed by atoms with E-state index in [2.05, 4.69) is 55.3 Å². The molecule has 2 rings (SSSR count). The molecule has 0 spiro atoms. The van der Waals surface area contributed by atoms with E-state index in [1.807, 2.05) is 12.3 Å². The Labute approximate surface area is 116 Å². The fourth-order valence-electron chi connectivity index (χ4n) is 2.74. The molecular weight excluding hydrogens is 232 g/mol. The molecule has 2 aromatic rings. The summed E-state index contributed by atoms with van der Waals surface area (Å²) < 4.78 is 0. The van der Waals surface area contributed by atoms with E-state index in [0.29, 0.717) is 6.04 Å². The van der Waals surface area contributed by atoms with Crippen molar-refractivity contribution in [1.29, 1.82) is 0 Å². The summed E-state index contributed by atoms with van der Waals surface area (Å²) in [5, 5.41) is 4.87. The van der Waals surface area contributed by atoms with Crippen molar-refractivity contribution in [3.8, 4) is 0 Å². The van der Waals surface area contributed by atoms with Crippen LogP contribution in [0.5, 0.6) is 0 Å². The summed E-state index contributed by atoms with van der Waals surface area (Å²) in [6.45, 7) is 7.72. The maximum Gasteiger partial charge on any atom is 0.0746 e. The summed E-state index contributed by atoms with van der Waals surface area (Å²) in [5.41, 5.74) is 2.41. The minimum atomic E-state index is 0.550. The van der Waals surface area contributed by atoms with Crippen LogP contribution in [0.3, 0.4) is 0 Å². The lowest BCUT2D eigenvalue weighted by molar-refractivity contribution is 0.353. The van der Waals surface area contributed by atoms with Gasteiger partial charge in [-0.2, -0.15) is 0 Å². The molecule has 0 radical (unpaired) electrons. The van der Waals surface area contributed by atoms with E-state index in [9.17, 15) is 0 Å². The number of nitrogens with one attached hydrogen (secondary N) is 1. The molecule has 102 valence electrons. The van der Waals surface area contributed by atoms with Gasteiger partial charge < -0.3 is 5.32 Å². The zero-order valence-electron chi connectivity index (χ0n) is 12.2. The molecular formula is C17H24N2. The van der Waals surface area contributed by atoms with E-state index >= 15 is 0 Å². The van der Waals surface area contributed by atoms with Gasteiger partial charge in [-0.15, -0.1) is 0 Å². The number of hydrogen-bond acceptors (Lipinski definition) is 2. The Morgan fingerprint density at radius 2 is 1.84 bits per heavy atom. The smallest absolute Gasteiger partial charge is 0.0746 e. The van der Waals surface area contributed by atoms with Crippen LogP contribution < -0.4 is 5.32 Å². The van der Waals surface area contributed by atoms with Gasteiger partial charge in [-0.1, -0.05) is 51.0 Å². The summed E-state index contributed by atoms with van der Waals surface area (Å²) in [5.74, 6) is 0.753. The highest BCUT2D eigenvalue weighted by Gasteiger charge is 2.13. The van der Waals surface area contributed by atoms with Gasteiger partial charge in [0.25, 0.3) is 0 Å². The summed E-state index contributed by atoms with van der Waals surface area (Å²) in [7, 11) is 0. The predicted molar refractivity (Wildman–Crippen MR) is 82.1 cm³/mol. The second-order valence-corrected chi connectivity index (χ2v) is 5.24. The van der Waals surface area contributed by atoms with Crippen LogP contribution in [0.25, 0.3) is 10.9 Å². The maximum atomic E-state index is 4.50. The number of fused-ring (bicyclic) bond motifs is 1. The SMILES string of the molecule is CCC(CC)C(C)NCc1cccc2cccnc12. The van der Waals surface area contributed by atoms with Gasteiger partial charge in [0.2, 0.25) is 0 Å². The Hall–Kier alpha value is -1.41. The van der Waals surface area contributed by atoms with E-state index in [1.165, 1.54) is 23.8 Å². The maximum absolute atomic E-state index is 4.50. The van der Waals surface area contributed by atoms with Gasteiger partial charge in [0.05, 0.1) is 5.52 Å². The van der Waals surface area contributed by atoms with Crippen molar-refractivity contribution in [1.82, 2.24) is 10.3 Å². The molecule has 0 saturated carbocycles. The fourth-order valence-corrected chi connectivity index (χ4v) is 2.74. The highest BCUT2D eigenvalue weighted by Crippen LogP contribution is 2.17. The van der Waals surface area contributed by atoms with Crippen molar-refractivity contribution in [2.75, 3.05) is 0 Å². The van der Waals surface area contributed by atoms with Crippen LogP contribution >= 0.6 is 0 Å². The predicted octanol–water partition coefficient (Wildman–Crippen LogP) is 4.15. The average Bonchev–Trinajstić information content (AvgIpc) is 2.46. The lowest BCUT2D eigenvalue weighted by Crippen LogP contribution is -2.32. The second kappa shape index (κ2) is 6.67. The first-order chi connectivity index (χ1) is 9.26. The molecule has 19 heavy (non-hydrogen) atoms. The molecule has 0 aliphatic carbocycles. The molecule has 0 amide bonds. The van der Waals surface area contributed by atoms with Gasteiger partial charge in [-0.3, -0.25) is 4.98 Å². The third-order valence-corrected chi connectivity index (χ3v) is 4.09. The minimum Gasteiger partial charge on any atom is -0.310 e. The number of nitrogens with zero attached hydrogens (tertiary/aromatic N) is 1. The van der Waals surface area contributed by atoms with E-state index in [1.54, 1.807) is 0 Å². The monoisotopic (exact) mass is 256 g/mol. The molecule has 0 bridgehead atoms. The lowest BCUT2D eigenvalue weighted by Gasteiger charge is -2.22. The van der Waals surface area contributed by atoms with Crippen molar-refractivity contribution >= 4 is 10.9 Å². The van der Waals surface area contributed by atoms with Crippen LogP contribution in [0.4, 0.5) is 0 Å². The lowest BCUT2D eigenvalue weighted by atomic mass is 9.95. The Morgan fingerprint density at radius 1 is 1.11 bits per heavy atom. The molecule has 1 aromatic carbocycles. The van der Waals surface area contributed by atoms with Crippen LogP contribution in [-0.2, 0) is 6.54 Å². The van der Waals surface area contributed by atoms with Gasteiger partial charge >= 0.3 is 0 Å². The number of benzene rings is 1. The van der Waals surface area contributed by atoms with Crippen LogP contribution in [0, 0.1) is 5.92 Å². The topological polar surface area (TPSA) is 24.9 Å². The average molecular weight is 256 g/mol. The Kier molecular flexibility index (Phi) is 4.92. The van der Waals surface area contributed by atoms with Crippen molar-refractivity contribution in [3.05, 3.63) is 42.1 Å². The fraction of sp³-hybridized carbons (Fsp3) is 0.471. The first kappa shape index (κ1) is 14.0. The quantitative estimate of drug-likeness (QED) is 0.840. The Balaban J connectivity index is 2.09. The van der Waals surface area contributed by atoms with Crippen molar-refractivity contribution in [2.45, 2.75) is 46.2 Å². The molecule has 1 aromatic heterocycles. The molecule has 0 aliphatic rings. The molecule has 2 nitrogen and oxygen atoms in total.